The van der Waals surface area contributed by atoms with Crippen LogP contribution >= 0.6 is 11.8 Å². The number of nitrogens with one attached hydrogen (secondary N) is 1. The van der Waals surface area contributed by atoms with Crippen LogP contribution in [-0.2, 0) is 12.2 Å². The number of aromatic amines is 1. The molecule has 0 atom stereocenters. The van der Waals surface area contributed by atoms with Crippen LogP contribution in [-0.4, -0.2) is 27.0 Å². The number of halogens is 2. The zero-order valence-corrected chi connectivity index (χ0v) is 14.5. The molecule has 2 aromatic heterocycles. The van der Waals surface area contributed by atoms with Crippen molar-refractivity contribution in [2.45, 2.75) is 17.3 Å². The summed E-state index contributed by atoms with van der Waals surface area (Å²) in [4.78, 5) is 27.0. The molecule has 0 saturated heterocycles. The van der Waals surface area contributed by atoms with Gasteiger partial charge in [-0.1, -0.05) is 17.8 Å². The van der Waals surface area contributed by atoms with E-state index in [1.165, 1.54) is 31.1 Å². The number of H-pyrrole nitrogens is 1. The molecule has 0 radical (unpaired) electrons. The number of benzene rings is 1. The van der Waals surface area contributed by atoms with E-state index in [1.54, 1.807) is 12.4 Å². The molecule has 0 bridgehead atoms. The first kappa shape index (κ1) is 18.0. The fourth-order valence-electron chi connectivity index (χ4n) is 2.14. The summed E-state index contributed by atoms with van der Waals surface area (Å²) in [7, 11) is 1.47. The molecule has 0 fully saturated rings. The lowest BCUT2D eigenvalue weighted by molar-refractivity contribution is 0.379. The van der Waals surface area contributed by atoms with E-state index in [0.29, 0.717) is 28.5 Å². The average molecular weight is 376 g/mol. The Hall–Kier alpha value is -2.81. The summed E-state index contributed by atoms with van der Waals surface area (Å²) in [6, 6.07) is 3.94. The molecule has 6 nitrogen and oxygen atoms in total. The van der Waals surface area contributed by atoms with Gasteiger partial charge in [-0.3, -0.25) is 4.79 Å². The van der Waals surface area contributed by atoms with Gasteiger partial charge in [0, 0.05) is 36.3 Å². The van der Waals surface area contributed by atoms with Gasteiger partial charge in [-0.2, -0.15) is 0 Å². The molecule has 0 aliphatic heterocycles. The fourth-order valence-corrected chi connectivity index (χ4v) is 2.92. The number of nitrogens with zero attached hydrogens (tertiary/aromatic N) is 3. The van der Waals surface area contributed by atoms with Gasteiger partial charge in [0.1, 0.15) is 0 Å². The summed E-state index contributed by atoms with van der Waals surface area (Å²) in [5.74, 6) is -1.44. The molecule has 1 aromatic carbocycles. The molecule has 2 heterocycles. The van der Waals surface area contributed by atoms with Gasteiger partial charge in [0.2, 0.25) is 0 Å². The molecule has 26 heavy (non-hydrogen) atoms. The highest BCUT2D eigenvalue weighted by Gasteiger charge is 2.08. The van der Waals surface area contributed by atoms with Crippen LogP contribution in [0.25, 0.3) is 0 Å². The molecule has 0 saturated carbocycles. The predicted molar refractivity (Wildman–Crippen MR) is 92.2 cm³/mol. The maximum absolute atomic E-state index is 13.2. The van der Waals surface area contributed by atoms with Crippen molar-refractivity contribution in [3.8, 4) is 6.01 Å². The Labute approximate surface area is 151 Å². The number of methoxy groups -OCH3 is 1. The maximum atomic E-state index is 13.2. The van der Waals surface area contributed by atoms with Crippen molar-refractivity contribution in [3.05, 3.63) is 75.5 Å². The first-order valence-corrected chi connectivity index (χ1v) is 8.53. The largest absolute Gasteiger partial charge is 0.467 e. The highest BCUT2D eigenvalue weighted by molar-refractivity contribution is 7.98. The van der Waals surface area contributed by atoms with Crippen LogP contribution in [0.4, 0.5) is 8.78 Å². The van der Waals surface area contributed by atoms with Gasteiger partial charge < -0.3 is 9.72 Å². The zero-order chi connectivity index (χ0) is 18.5. The predicted octanol–water partition coefficient (Wildman–Crippen LogP) is 2.73. The van der Waals surface area contributed by atoms with Crippen LogP contribution in [0.3, 0.4) is 0 Å². The Kier molecular flexibility index (Phi) is 5.57. The minimum absolute atomic E-state index is 0.254. The number of hydrogen-bond acceptors (Lipinski definition) is 6. The van der Waals surface area contributed by atoms with E-state index in [0.717, 1.165) is 17.7 Å². The maximum Gasteiger partial charge on any atom is 0.316 e. The lowest BCUT2D eigenvalue weighted by Crippen LogP contribution is -2.15. The van der Waals surface area contributed by atoms with Crippen molar-refractivity contribution in [2.75, 3.05) is 7.11 Å². The summed E-state index contributed by atoms with van der Waals surface area (Å²) in [6.45, 7) is 0. The normalized spacial score (nSPS) is 10.7. The van der Waals surface area contributed by atoms with E-state index in [1.807, 2.05) is 0 Å². The van der Waals surface area contributed by atoms with Gasteiger partial charge in [-0.15, -0.1) is 0 Å². The van der Waals surface area contributed by atoms with Crippen LogP contribution in [0.2, 0.25) is 0 Å². The van der Waals surface area contributed by atoms with E-state index in [9.17, 15) is 13.6 Å². The summed E-state index contributed by atoms with van der Waals surface area (Å²) in [5.41, 5.74) is 1.54. The van der Waals surface area contributed by atoms with Crippen molar-refractivity contribution in [1.29, 1.82) is 0 Å². The van der Waals surface area contributed by atoms with E-state index in [2.05, 4.69) is 19.9 Å². The number of rotatable bonds is 6. The Morgan fingerprint density at radius 2 is 1.85 bits per heavy atom. The number of hydrogen-bond donors (Lipinski definition) is 1. The highest BCUT2D eigenvalue weighted by atomic mass is 32.2. The first-order valence-electron chi connectivity index (χ1n) is 7.55. The third-order valence-corrected chi connectivity index (χ3v) is 4.43. The summed E-state index contributed by atoms with van der Waals surface area (Å²) in [5, 5.41) is 0.398. The van der Waals surface area contributed by atoms with Gasteiger partial charge in [0.15, 0.2) is 16.8 Å². The van der Waals surface area contributed by atoms with Crippen molar-refractivity contribution in [2.24, 2.45) is 0 Å². The zero-order valence-electron chi connectivity index (χ0n) is 13.7. The van der Waals surface area contributed by atoms with Gasteiger partial charge in [0.05, 0.1) is 7.11 Å². The highest BCUT2D eigenvalue weighted by Crippen LogP contribution is 2.19. The standard InChI is InChI=1S/C17H14F2N4O2S/c1-25-16-20-6-11(7-21-16)4-12-8-22-17(23-15(12)24)26-9-10-2-3-13(18)14(19)5-10/h2-3,5-8H,4,9H2,1H3,(H,22,23,24). The van der Waals surface area contributed by atoms with Gasteiger partial charge in [-0.25, -0.2) is 23.7 Å². The molecule has 0 aliphatic rings. The molecule has 134 valence electrons. The van der Waals surface area contributed by atoms with Crippen molar-refractivity contribution in [1.82, 2.24) is 19.9 Å². The molecule has 0 spiro atoms. The summed E-state index contributed by atoms with van der Waals surface area (Å²) < 4.78 is 31.0. The van der Waals surface area contributed by atoms with Crippen LogP contribution in [0, 0.1) is 11.6 Å². The first-order chi connectivity index (χ1) is 12.5. The van der Waals surface area contributed by atoms with Gasteiger partial charge in [0.25, 0.3) is 5.56 Å². The molecule has 9 heteroatoms. The molecular weight excluding hydrogens is 362 g/mol. The van der Waals surface area contributed by atoms with Crippen LogP contribution in [0.15, 0.2) is 46.7 Å². The smallest absolute Gasteiger partial charge is 0.316 e. The van der Waals surface area contributed by atoms with Crippen LogP contribution in [0.1, 0.15) is 16.7 Å². The van der Waals surface area contributed by atoms with E-state index in [4.69, 9.17) is 4.74 Å². The lowest BCUT2D eigenvalue weighted by Gasteiger charge is -2.04. The second-order valence-corrected chi connectivity index (χ2v) is 6.30. The Bertz CT molecular complexity index is 964. The SMILES string of the molecule is COc1ncc(Cc2cnc(SCc3ccc(F)c(F)c3)[nH]c2=O)cn1. The Balaban J connectivity index is 1.66. The minimum atomic E-state index is -0.901. The second-order valence-electron chi connectivity index (χ2n) is 5.33. The Morgan fingerprint density at radius 3 is 2.50 bits per heavy atom. The van der Waals surface area contributed by atoms with E-state index in [-0.39, 0.29) is 11.6 Å². The Morgan fingerprint density at radius 1 is 1.08 bits per heavy atom. The van der Waals surface area contributed by atoms with Gasteiger partial charge >= 0.3 is 6.01 Å². The lowest BCUT2D eigenvalue weighted by atomic mass is 10.1. The third-order valence-electron chi connectivity index (χ3n) is 3.47. The topological polar surface area (TPSA) is 80.8 Å². The molecule has 1 N–H and O–H groups in total. The molecule has 0 amide bonds. The van der Waals surface area contributed by atoms with Crippen LogP contribution in [0.5, 0.6) is 6.01 Å². The minimum Gasteiger partial charge on any atom is -0.467 e. The molecule has 0 aliphatic carbocycles. The van der Waals surface area contributed by atoms with E-state index >= 15 is 0 Å². The average Bonchev–Trinajstić information content (AvgIpc) is 2.65. The quantitative estimate of drug-likeness (QED) is 0.526. The summed E-state index contributed by atoms with van der Waals surface area (Å²) >= 11 is 1.23. The number of thioether (sulfide) groups is 1. The monoisotopic (exact) mass is 376 g/mol. The third kappa shape index (κ3) is 4.42. The second kappa shape index (κ2) is 8.05. The van der Waals surface area contributed by atoms with Gasteiger partial charge in [-0.05, 0) is 23.3 Å². The summed E-state index contributed by atoms with van der Waals surface area (Å²) in [6.07, 6.45) is 4.98. The molecule has 3 rings (SSSR count). The van der Waals surface area contributed by atoms with Crippen molar-refractivity contribution in [3.63, 3.8) is 0 Å². The number of aromatic nitrogens is 4. The molecule has 0 unspecified atom stereocenters. The molecule has 3 aromatic rings. The van der Waals surface area contributed by atoms with Crippen LogP contribution < -0.4 is 10.3 Å². The fraction of sp³-hybridized carbons (Fsp3) is 0.176. The number of ether oxygens (including phenoxy) is 1. The molecular formula is C17H14F2N4O2S. The van der Waals surface area contributed by atoms with E-state index < -0.39 is 11.6 Å². The van der Waals surface area contributed by atoms with Crippen molar-refractivity contribution < 1.29 is 13.5 Å². The van der Waals surface area contributed by atoms with Crippen molar-refractivity contribution >= 4 is 11.8 Å².